The summed E-state index contributed by atoms with van der Waals surface area (Å²) in [6, 6.07) is 0.425. The molecule has 0 saturated heterocycles. The molecule has 2 aromatic heterocycles. The molecule has 0 radical (unpaired) electrons. The number of pyridine rings is 1. The molecule has 2 heterocycles. The fourth-order valence-corrected chi connectivity index (χ4v) is 1.31. The Labute approximate surface area is 88.8 Å². The molecule has 0 N–H and O–H groups in total. The topological polar surface area (TPSA) is 43.6 Å². The van der Waals surface area contributed by atoms with Crippen molar-refractivity contribution in [1.29, 1.82) is 0 Å². The Morgan fingerprint density at radius 2 is 1.75 bits per heavy atom. The molecule has 0 aliphatic heterocycles. The lowest BCUT2D eigenvalue weighted by molar-refractivity contribution is 0.458. The lowest BCUT2D eigenvalue weighted by Crippen LogP contribution is -2.08. The maximum atomic E-state index is 13.3. The van der Waals surface area contributed by atoms with Gasteiger partial charge >= 0.3 is 0 Å². The summed E-state index contributed by atoms with van der Waals surface area (Å²) >= 11 is 0. The Kier molecular flexibility index (Phi) is 2.37. The van der Waals surface area contributed by atoms with Gasteiger partial charge in [-0.2, -0.15) is 14.1 Å². The lowest BCUT2D eigenvalue weighted by Gasteiger charge is -2.03. The van der Waals surface area contributed by atoms with Gasteiger partial charge in [-0.3, -0.25) is 0 Å². The maximum Gasteiger partial charge on any atom is 0.251 e. The number of hydrogen-bond donors (Lipinski definition) is 0. The van der Waals surface area contributed by atoms with E-state index in [2.05, 4.69) is 15.1 Å². The molecule has 0 bridgehead atoms. The molecule has 0 amide bonds. The van der Waals surface area contributed by atoms with E-state index >= 15 is 0 Å². The average Bonchev–Trinajstić information content (AvgIpc) is 2.51. The van der Waals surface area contributed by atoms with Crippen LogP contribution in [0.15, 0.2) is 6.07 Å². The third-order valence-electron chi connectivity index (χ3n) is 1.94. The summed E-state index contributed by atoms with van der Waals surface area (Å²) < 4.78 is 39.9. The molecule has 0 unspecified atom stereocenters. The van der Waals surface area contributed by atoms with Crippen LogP contribution in [0.4, 0.5) is 13.2 Å². The van der Waals surface area contributed by atoms with Gasteiger partial charge in [-0.25, -0.2) is 13.8 Å². The van der Waals surface area contributed by atoms with Crippen molar-refractivity contribution in [1.82, 2.24) is 19.7 Å². The van der Waals surface area contributed by atoms with Crippen molar-refractivity contribution in [2.24, 2.45) is 0 Å². The van der Waals surface area contributed by atoms with Gasteiger partial charge < -0.3 is 0 Å². The molecule has 7 heteroatoms. The summed E-state index contributed by atoms with van der Waals surface area (Å²) in [5, 5.41) is 3.83. The monoisotopic (exact) mass is 228 g/mol. The molecule has 0 saturated carbocycles. The van der Waals surface area contributed by atoms with Crippen LogP contribution in [0.5, 0.6) is 0 Å². The van der Waals surface area contributed by atoms with Crippen LogP contribution in [0.2, 0.25) is 0 Å². The van der Waals surface area contributed by atoms with E-state index in [1.54, 1.807) is 13.8 Å². The van der Waals surface area contributed by atoms with E-state index in [0.29, 0.717) is 17.7 Å². The number of rotatable bonds is 1. The Morgan fingerprint density at radius 1 is 1.06 bits per heavy atom. The van der Waals surface area contributed by atoms with Crippen LogP contribution in [0.1, 0.15) is 11.6 Å². The molecule has 0 atom stereocenters. The fourth-order valence-electron chi connectivity index (χ4n) is 1.31. The average molecular weight is 228 g/mol. The molecule has 16 heavy (non-hydrogen) atoms. The van der Waals surface area contributed by atoms with E-state index in [4.69, 9.17) is 0 Å². The predicted molar refractivity (Wildman–Crippen MR) is 48.5 cm³/mol. The summed E-state index contributed by atoms with van der Waals surface area (Å²) in [6.07, 6.45) is 0. The van der Waals surface area contributed by atoms with Gasteiger partial charge in [-0.1, -0.05) is 0 Å². The van der Waals surface area contributed by atoms with E-state index < -0.39 is 23.4 Å². The molecule has 4 nitrogen and oxygen atoms in total. The molecular weight excluding hydrogens is 221 g/mol. The quantitative estimate of drug-likeness (QED) is 0.697. The Balaban J connectivity index is 2.64. The first-order valence-corrected chi connectivity index (χ1v) is 4.41. The van der Waals surface area contributed by atoms with E-state index in [9.17, 15) is 13.2 Å². The highest BCUT2D eigenvalue weighted by atomic mass is 19.2. The Morgan fingerprint density at radius 3 is 2.31 bits per heavy atom. The summed E-state index contributed by atoms with van der Waals surface area (Å²) in [6.45, 7) is 3.16. The number of aryl methyl sites for hydroxylation is 2. The zero-order chi connectivity index (χ0) is 11.9. The van der Waals surface area contributed by atoms with Crippen molar-refractivity contribution in [2.45, 2.75) is 13.8 Å². The second-order valence-corrected chi connectivity index (χ2v) is 3.18. The van der Waals surface area contributed by atoms with Gasteiger partial charge in [0.1, 0.15) is 11.6 Å². The number of aromatic nitrogens is 4. The van der Waals surface area contributed by atoms with Gasteiger partial charge in [0.2, 0.25) is 0 Å². The van der Waals surface area contributed by atoms with Crippen LogP contribution in [0.25, 0.3) is 5.82 Å². The fraction of sp³-hybridized carbons (Fsp3) is 0.222. The highest BCUT2D eigenvalue weighted by Crippen LogP contribution is 2.14. The van der Waals surface area contributed by atoms with Crippen molar-refractivity contribution < 1.29 is 13.2 Å². The highest BCUT2D eigenvalue weighted by molar-refractivity contribution is 5.25. The third-order valence-corrected chi connectivity index (χ3v) is 1.94. The minimum atomic E-state index is -1.37. The first kappa shape index (κ1) is 10.6. The zero-order valence-corrected chi connectivity index (χ0v) is 8.50. The van der Waals surface area contributed by atoms with Crippen LogP contribution in [-0.4, -0.2) is 19.7 Å². The minimum absolute atomic E-state index is 0.343. The number of nitrogens with zero attached hydrogens (tertiary/aromatic N) is 4. The van der Waals surface area contributed by atoms with Crippen molar-refractivity contribution in [2.75, 3.05) is 0 Å². The zero-order valence-electron chi connectivity index (χ0n) is 8.50. The van der Waals surface area contributed by atoms with Crippen LogP contribution in [0.3, 0.4) is 0 Å². The molecule has 0 spiro atoms. The number of hydrogen-bond acceptors (Lipinski definition) is 3. The van der Waals surface area contributed by atoms with Crippen molar-refractivity contribution in [3.05, 3.63) is 35.3 Å². The van der Waals surface area contributed by atoms with Crippen molar-refractivity contribution >= 4 is 0 Å². The lowest BCUT2D eigenvalue weighted by atomic mass is 10.4. The first-order chi connectivity index (χ1) is 7.49. The van der Waals surface area contributed by atoms with E-state index in [-0.39, 0.29) is 0 Å². The van der Waals surface area contributed by atoms with Crippen LogP contribution in [0, 0.1) is 31.4 Å². The molecule has 0 aromatic carbocycles. The normalized spacial score (nSPS) is 10.8. The van der Waals surface area contributed by atoms with E-state index in [0.717, 1.165) is 4.68 Å². The molecule has 2 rings (SSSR count). The third kappa shape index (κ3) is 1.64. The van der Waals surface area contributed by atoms with Gasteiger partial charge in [0.25, 0.3) is 5.95 Å². The van der Waals surface area contributed by atoms with Crippen LogP contribution >= 0.6 is 0 Å². The second kappa shape index (κ2) is 3.58. The van der Waals surface area contributed by atoms with Gasteiger partial charge in [0.15, 0.2) is 17.5 Å². The maximum absolute atomic E-state index is 13.3. The molecular formula is C9H7F3N4. The second-order valence-electron chi connectivity index (χ2n) is 3.18. The molecule has 0 fully saturated rings. The van der Waals surface area contributed by atoms with E-state index in [1.165, 1.54) is 0 Å². The minimum Gasteiger partial charge on any atom is -0.217 e. The van der Waals surface area contributed by atoms with Crippen molar-refractivity contribution in [3.8, 4) is 5.82 Å². The first-order valence-electron chi connectivity index (χ1n) is 4.41. The van der Waals surface area contributed by atoms with Crippen LogP contribution in [-0.2, 0) is 0 Å². The SMILES string of the molecule is Cc1nc(C)n(-c2nc(F)c(F)cc2F)n1. The smallest absolute Gasteiger partial charge is 0.217 e. The van der Waals surface area contributed by atoms with Gasteiger partial charge in [0, 0.05) is 6.07 Å². The highest BCUT2D eigenvalue weighted by Gasteiger charge is 2.16. The van der Waals surface area contributed by atoms with E-state index in [1.807, 2.05) is 0 Å². The van der Waals surface area contributed by atoms with Gasteiger partial charge in [0.05, 0.1) is 0 Å². The standard InChI is InChI=1S/C9H7F3N4/c1-4-13-5(2)16(15-4)9-7(11)3-6(10)8(12)14-9/h3H,1-2H3. The summed E-state index contributed by atoms with van der Waals surface area (Å²) in [5.41, 5.74) is 0. The molecule has 0 aliphatic rings. The Hall–Kier alpha value is -1.92. The van der Waals surface area contributed by atoms with Gasteiger partial charge in [-0.05, 0) is 13.8 Å². The number of halogens is 3. The van der Waals surface area contributed by atoms with Crippen molar-refractivity contribution in [3.63, 3.8) is 0 Å². The Bertz CT molecular complexity index is 550. The van der Waals surface area contributed by atoms with Crippen LogP contribution < -0.4 is 0 Å². The van der Waals surface area contributed by atoms with Gasteiger partial charge in [-0.15, -0.1) is 5.10 Å². The largest absolute Gasteiger partial charge is 0.251 e. The summed E-state index contributed by atoms with van der Waals surface area (Å²) in [7, 11) is 0. The predicted octanol–water partition coefficient (Wildman–Crippen LogP) is 1.70. The molecule has 0 aliphatic carbocycles. The molecule has 2 aromatic rings. The molecule has 84 valence electrons. The summed E-state index contributed by atoms with van der Waals surface area (Å²) in [5.74, 6) is -3.37. The summed E-state index contributed by atoms with van der Waals surface area (Å²) in [4.78, 5) is 7.07.